The SMILES string of the molecule is C#Cc1ccc(OC2CCN(C(C)=O)CC2)c([C@H]2NC(=O)CC[C@]23C(=O)Nc2cc(Cl)ccc23)c1.Clc1ccccc1. The first-order chi connectivity index (χ1) is 20.2. The summed E-state index contributed by atoms with van der Waals surface area (Å²) in [5.41, 5.74) is 1.72. The van der Waals surface area contributed by atoms with Crippen molar-refractivity contribution < 1.29 is 19.1 Å². The molecule has 0 aromatic heterocycles. The number of benzene rings is 3. The van der Waals surface area contributed by atoms with E-state index in [1.54, 1.807) is 25.1 Å². The van der Waals surface area contributed by atoms with Crippen LogP contribution in [0.2, 0.25) is 10.0 Å². The average molecular weight is 605 g/mol. The Balaban J connectivity index is 0.000000442. The molecule has 3 aliphatic rings. The smallest absolute Gasteiger partial charge is 0.237 e. The molecule has 0 radical (unpaired) electrons. The zero-order chi connectivity index (χ0) is 29.9. The van der Waals surface area contributed by atoms with Crippen LogP contribution in [0.1, 0.15) is 55.3 Å². The molecule has 0 aliphatic carbocycles. The highest BCUT2D eigenvalue weighted by Gasteiger charge is 2.56. The minimum Gasteiger partial charge on any atom is -0.490 e. The van der Waals surface area contributed by atoms with Gasteiger partial charge in [0.1, 0.15) is 17.3 Å². The van der Waals surface area contributed by atoms with Crippen molar-refractivity contribution in [1.82, 2.24) is 10.2 Å². The van der Waals surface area contributed by atoms with Gasteiger partial charge in [0.05, 0.1) is 6.04 Å². The zero-order valence-electron chi connectivity index (χ0n) is 23.2. The van der Waals surface area contributed by atoms with Crippen LogP contribution in [0.3, 0.4) is 0 Å². The first-order valence-corrected chi connectivity index (χ1v) is 14.6. The summed E-state index contributed by atoms with van der Waals surface area (Å²) >= 11 is 11.7. The number of anilines is 1. The third kappa shape index (κ3) is 5.97. The number of nitrogens with one attached hydrogen (secondary N) is 2. The average Bonchev–Trinajstić information content (AvgIpc) is 3.25. The Kier molecular flexibility index (Phi) is 8.77. The van der Waals surface area contributed by atoms with Crippen molar-refractivity contribution in [1.29, 1.82) is 0 Å². The van der Waals surface area contributed by atoms with Crippen molar-refractivity contribution >= 4 is 46.6 Å². The Morgan fingerprint density at radius 3 is 2.40 bits per heavy atom. The molecule has 3 aliphatic heterocycles. The van der Waals surface area contributed by atoms with Crippen LogP contribution in [0.25, 0.3) is 0 Å². The summed E-state index contributed by atoms with van der Waals surface area (Å²) < 4.78 is 6.44. The Bertz CT molecular complexity index is 1550. The third-order valence-corrected chi connectivity index (χ3v) is 8.55. The van der Waals surface area contributed by atoms with Crippen LogP contribution in [0.4, 0.5) is 5.69 Å². The minimum absolute atomic E-state index is 0.0559. The molecule has 9 heteroatoms. The van der Waals surface area contributed by atoms with Crippen LogP contribution in [-0.4, -0.2) is 41.8 Å². The molecule has 0 bridgehead atoms. The molecule has 7 nitrogen and oxygen atoms in total. The standard InChI is InChI=1S/C27H26ClN3O4.C6H5Cl/c1-3-17-4-7-23(35-19-9-12-31(13-10-19)16(2)32)20(14-17)25-27(11-8-24(33)30-25)21-6-5-18(28)15-22(21)29-26(27)34;7-6-4-2-1-3-5-6/h1,4-7,14-15,19,25H,8-13H2,2H3,(H,29,34)(H,30,33);1-5H/t25-,27-;/m1./s1. The maximum Gasteiger partial charge on any atom is 0.237 e. The number of nitrogens with zero attached hydrogens (tertiary/aromatic N) is 1. The number of terminal acetylenes is 1. The molecule has 6 rings (SSSR count). The molecule has 3 heterocycles. The molecule has 42 heavy (non-hydrogen) atoms. The maximum absolute atomic E-state index is 13.5. The molecular formula is C33H31Cl2N3O4. The summed E-state index contributed by atoms with van der Waals surface area (Å²) in [5, 5.41) is 7.35. The Hall–Kier alpha value is -3.99. The van der Waals surface area contributed by atoms with Crippen molar-refractivity contribution in [2.45, 2.75) is 50.2 Å². The molecule has 3 aromatic rings. The van der Waals surface area contributed by atoms with Gasteiger partial charge in [-0.15, -0.1) is 6.42 Å². The summed E-state index contributed by atoms with van der Waals surface area (Å²) in [6.07, 6.45) is 7.57. The Labute approximate surface area is 255 Å². The van der Waals surface area contributed by atoms with Gasteiger partial charge in [0.2, 0.25) is 17.7 Å². The van der Waals surface area contributed by atoms with E-state index in [1.165, 1.54) is 0 Å². The highest BCUT2D eigenvalue weighted by molar-refractivity contribution is 6.31. The number of hydrogen-bond donors (Lipinski definition) is 2. The molecular weight excluding hydrogens is 573 g/mol. The highest BCUT2D eigenvalue weighted by atomic mass is 35.5. The molecule has 3 aromatic carbocycles. The third-order valence-electron chi connectivity index (χ3n) is 8.06. The van der Waals surface area contributed by atoms with E-state index in [4.69, 9.17) is 34.4 Å². The molecule has 2 N–H and O–H groups in total. The monoisotopic (exact) mass is 603 g/mol. The predicted octanol–water partition coefficient (Wildman–Crippen LogP) is 5.89. The number of likely N-dealkylation sites (tertiary alicyclic amines) is 1. The van der Waals surface area contributed by atoms with Crippen molar-refractivity contribution in [2.24, 2.45) is 0 Å². The largest absolute Gasteiger partial charge is 0.490 e. The lowest BCUT2D eigenvalue weighted by atomic mass is 9.67. The van der Waals surface area contributed by atoms with E-state index in [0.717, 1.165) is 10.6 Å². The Morgan fingerprint density at radius 2 is 1.76 bits per heavy atom. The van der Waals surface area contributed by atoms with Crippen molar-refractivity contribution in [2.75, 3.05) is 18.4 Å². The van der Waals surface area contributed by atoms with Gasteiger partial charge in [-0.2, -0.15) is 0 Å². The molecule has 0 unspecified atom stereocenters. The van der Waals surface area contributed by atoms with Gasteiger partial charge in [-0.1, -0.05) is 53.4 Å². The number of fused-ring (bicyclic) bond motifs is 2. The van der Waals surface area contributed by atoms with E-state index in [2.05, 4.69) is 16.6 Å². The summed E-state index contributed by atoms with van der Waals surface area (Å²) in [5.74, 6) is 2.96. The van der Waals surface area contributed by atoms with E-state index in [-0.39, 0.29) is 30.2 Å². The van der Waals surface area contributed by atoms with Crippen LogP contribution in [0.5, 0.6) is 5.75 Å². The van der Waals surface area contributed by atoms with E-state index in [1.807, 2.05) is 53.4 Å². The number of piperidine rings is 2. The van der Waals surface area contributed by atoms with Gasteiger partial charge >= 0.3 is 0 Å². The van der Waals surface area contributed by atoms with Gasteiger partial charge in [-0.25, -0.2) is 0 Å². The van der Waals surface area contributed by atoms with Gasteiger partial charge in [-0.05, 0) is 54.4 Å². The molecule has 2 atom stereocenters. The van der Waals surface area contributed by atoms with E-state index < -0.39 is 11.5 Å². The van der Waals surface area contributed by atoms with Crippen molar-refractivity contribution in [3.63, 3.8) is 0 Å². The van der Waals surface area contributed by atoms with Crippen LogP contribution in [-0.2, 0) is 19.8 Å². The molecule has 2 saturated heterocycles. The van der Waals surface area contributed by atoms with Crippen LogP contribution in [0.15, 0.2) is 66.7 Å². The quantitative estimate of drug-likeness (QED) is 0.365. The number of rotatable bonds is 3. The zero-order valence-corrected chi connectivity index (χ0v) is 24.7. The number of ether oxygens (including phenoxy) is 1. The first kappa shape index (κ1) is 29.5. The lowest BCUT2D eigenvalue weighted by Crippen LogP contribution is -2.52. The highest BCUT2D eigenvalue weighted by Crippen LogP contribution is 2.52. The molecule has 2 fully saturated rings. The van der Waals surface area contributed by atoms with Gasteiger partial charge in [0.15, 0.2) is 0 Å². The second kappa shape index (κ2) is 12.5. The second-order valence-corrected chi connectivity index (χ2v) is 11.5. The number of carbonyl (C=O) groups is 3. The number of halogens is 2. The lowest BCUT2D eigenvalue weighted by Gasteiger charge is -2.41. The molecule has 0 saturated carbocycles. The summed E-state index contributed by atoms with van der Waals surface area (Å²) in [6.45, 7) is 2.82. The topological polar surface area (TPSA) is 87.7 Å². The molecule has 1 spiro atoms. The maximum atomic E-state index is 13.5. The van der Waals surface area contributed by atoms with Gasteiger partial charge in [0, 0.05) is 66.1 Å². The molecule has 3 amide bonds. The van der Waals surface area contributed by atoms with Gasteiger partial charge in [-0.3, -0.25) is 14.4 Å². The van der Waals surface area contributed by atoms with Gasteiger partial charge in [0.25, 0.3) is 0 Å². The predicted molar refractivity (Wildman–Crippen MR) is 164 cm³/mol. The fourth-order valence-corrected chi connectivity index (χ4v) is 6.23. The molecule has 216 valence electrons. The second-order valence-electron chi connectivity index (χ2n) is 10.6. The van der Waals surface area contributed by atoms with Crippen LogP contribution in [0, 0.1) is 12.3 Å². The van der Waals surface area contributed by atoms with E-state index in [0.29, 0.717) is 59.9 Å². The summed E-state index contributed by atoms with van der Waals surface area (Å²) in [6, 6.07) is 19.5. The number of hydrogen-bond acceptors (Lipinski definition) is 4. The first-order valence-electron chi connectivity index (χ1n) is 13.9. The van der Waals surface area contributed by atoms with Crippen LogP contribution >= 0.6 is 23.2 Å². The number of carbonyl (C=O) groups excluding carboxylic acids is 3. The lowest BCUT2D eigenvalue weighted by molar-refractivity contribution is -0.131. The van der Waals surface area contributed by atoms with Gasteiger partial charge < -0.3 is 20.3 Å². The fourth-order valence-electron chi connectivity index (χ4n) is 5.91. The minimum atomic E-state index is -1.02. The van der Waals surface area contributed by atoms with Crippen molar-refractivity contribution in [3.8, 4) is 18.1 Å². The normalized spacial score (nSPS) is 21.4. The van der Waals surface area contributed by atoms with Crippen LogP contribution < -0.4 is 15.4 Å². The summed E-state index contributed by atoms with van der Waals surface area (Å²) in [4.78, 5) is 39.7. The summed E-state index contributed by atoms with van der Waals surface area (Å²) in [7, 11) is 0. The fraction of sp³-hybridized carbons (Fsp3) is 0.303. The van der Waals surface area contributed by atoms with E-state index >= 15 is 0 Å². The van der Waals surface area contributed by atoms with E-state index in [9.17, 15) is 14.4 Å². The Morgan fingerprint density at radius 1 is 1.02 bits per heavy atom. The van der Waals surface area contributed by atoms with Crippen molar-refractivity contribution in [3.05, 3.63) is 93.5 Å². The number of amides is 3.